The third-order valence-corrected chi connectivity index (χ3v) is 0. The van der Waals surface area contributed by atoms with Crippen molar-refractivity contribution in [3.63, 3.8) is 0 Å². The summed E-state index contributed by atoms with van der Waals surface area (Å²) in [5, 5.41) is 0. The van der Waals surface area contributed by atoms with E-state index < -0.39 is 0 Å². The molecule has 0 aliphatic heterocycles. The van der Waals surface area contributed by atoms with Crippen molar-refractivity contribution < 1.29 is 41.1 Å². The van der Waals surface area contributed by atoms with Gasteiger partial charge in [0.05, 0.1) is 0 Å². The van der Waals surface area contributed by atoms with E-state index in [2.05, 4.69) is 0 Å². The van der Waals surface area contributed by atoms with Crippen LogP contribution in [0.5, 0.6) is 0 Å². The van der Waals surface area contributed by atoms with E-state index in [1.807, 2.05) is 0 Å². The summed E-state index contributed by atoms with van der Waals surface area (Å²) in [6.07, 6.45) is 0. The molecule has 0 aliphatic rings. The van der Waals surface area contributed by atoms with Gasteiger partial charge < -0.3 is 5.48 Å². The first-order valence-electron chi connectivity index (χ1n) is 0. The van der Waals surface area contributed by atoms with Crippen LogP contribution in [0.4, 0.5) is 0 Å². The van der Waals surface area contributed by atoms with Crippen molar-refractivity contribution in [2.24, 2.45) is 0 Å². The van der Waals surface area contributed by atoms with E-state index in [-0.39, 0.29) is 75.8 Å². The standard InChI is InChI=1S/2Al.La.O/q3*+3;-2. The molecule has 0 atom stereocenters. The van der Waals surface area contributed by atoms with Gasteiger partial charge in [-0.25, -0.2) is 0 Å². The fourth-order valence-corrected chi connectivity index (χ4v) is 0. The Morgan fingerprint density at radius 3 is 0.750 bits per heavy atom. The topological polar surface area (TPSA) is 28.5 Å². The van der Waals surface area contributed by atoms with Gasteiger partial charge in [0.1, 0.15) is 0 Å². The number of hydrogen-bond donors (Lipinski definition) is 0. The summed E-state index contributed by atoms with van der Waals surface area (Å²) < 4.78 is 0. The molecule has 1 nitrogen and oxygen atoms in total. The zero-order chi connectivity index (χ0) is 0. The minimum absolute atomic E-state index is 0. The summed E-state index contributed by atoms with van der Waals surface area (Å²) in [6.45, 7) is 0. The molecule has 0 unspecified atom stereocenters. The first-order chi connectivity index (χ1) is 0. The summed E-state index contributed by atoms with van der Waals surface area (Å²) in [6, 6.07) is 0. The second-order valence-electron chi connectivity index (χ2n) is 0. The molecule has 0 saturated carbocycles. The van der Waals surface area contributed by atoms with E-state index in [4.69, 9.17) is 0 Å². The quantitative estimate of drug-likeness (QED) is 0.463. The summed E-state index contributed by atoms with van der Waals surface area (Å²) in [5.74, 6) is 0. The van der Waals surface area contributed by atoms with Gasteiger partial charge in [0, 0.05) is 0 Å². The molecule has 0 aliphatic carbocycles. The van der Waals surface area contributed by atoms with E-state index in [1.165, 1.54) is 0 Å². The molecule has 0 bridgehead atoms. The van der Waals surface area contributed by atoms with Crippen LogP contribution in [0.15, 0.2) is 0 Å². The molecule has 0 spiro atoms. The fraction of sp³-hybridized carbons (Fsp3) is 0. The molecule has 0 fully saturated rings. The minimum atomic E-state index is 0. The van der Waals surface area contributed by atoms with Gasteiger partial charge >= 0.3 is 70.3 Å². The van der Waals surface area contributed by atoms with E-state index in [0.717, 1.165) is 0 Å². The Morgan fingerprint density at radius 2 is 0.750 bits per heavy atom. The van der Waals surface area contributed by atoms with Crippen LogP contribution in [0.2, 0.25) is 0 Å². The molecule has 0 aromatic rings. The molecular formula is Al2LaO+7. The van der Waals surface area contributed by atoms with Crippen molar-refractivity contribution in [1.82, 2.24) is 0 Å². The second kappa shape index (κ2) is 18.9. The van der Waals surface area contributed by atoms with Gasteiger partial charge in [-0.2, -0.15) is 0 Å². The van der Waals surface area contributed by atoms with Gasteiger partial charge in [-0.15, -0.1) is 0 Å². The summed E-state index contributed by atoms with van der Waals surface area (Å²) in [5.41, 5.74) is 0. The molecule has 0 N–H and O–H groups in total. The smallest absolute Gasteiger partial charge is 2.00 e. The van der Waals surface area contributed by atoms with Gasteiger partial charge in [-0.05, 0) is 0 Å². The van der Waals surface area contributed by atoms with Crippen molar-refractivity contribution >= 4 is 34.7 Å². The van der Waals surface area contributed by atoms with Gasteiger partial charge in [-0.3, -0.25) is 0 Å². The number of rotatable bonds is 0. The molecule has 4 heavy (non-hydrogen) atoms. The molecule has 0 aromatic carbocycles. The average Bonchev–Trinajstić information content (AvgIpc) is 0. The summed E-state index contributed by atoms with van der Waals surface area (Å²) in [4.78, 5) is 0. The Kier molecular flexibility index (Phi) is 162. The molecule has 0 saturated heterocycles. The molecule has 4 heteroatoms. The van der Waals surface area contributed by atoms with Crippen LogP contribution in [0.25, 0.3) is 0 Å². The largest absolute Gasteiger partial charge is 3.00 e. The summed E-state index contributed by atoms with van der Waals surface area (Å²) >= 11 is 0. The summed E-state index contributed by atoms with van der Waals surface area (Å²) in [7, 11) is 0. The Labute approximate surface area is 74.7 Å². The predicted octanol–water partition coefficient (Wildman–Crippen LogP) is -0.880. The predicted molar refractivity (Wildman–Crippen MR) is 12.2 cm³/mol. The van der Waals surface area contributed by atoms with E-state index in [9.17, 15) is 0 Å². The van der Waals surface area contributed by atoms with E-state index >= 15 is 0 Å². The Hall–Kier alpha value is 2.22. The van der Waals surface area contributed by atoms with Gasteiger partial charge in [0.25, 0.3) is 0 Å². The van der Waals surface area contributed by atoms with Gasteiger partial charge in [0.15, 0.2) is 0 Å². The van der Waals surface area contributed by atoms with Crippen molar-refractivity contribution in [3.8, 4) is 0 Å². The molecular weight excluding hydrogens is 209 g/mol. The van der Waals surface area contributed by atoms with Crippen molar-refractivity contribution in [2.75, 3.05) is 0 Å². The Balaban J connectivity index is 0. The second-order valence-corrected chi connectivity index (χ2v) is 0. The fourth-order valence-electron chi connectivity index (χ4n) is 0. The van der Waals surface area contributed by atoms with Crippen LogP contribution in [-0.4, -0.2) is 34.7 Å². The van der Waals surface area contributed by atoms with Gasteiger partial charge in [0.2, 0.25) is 0 Å². The van der Waals surface area contributed by atoms with Crippen LogP contribution >= 0.6 is 0 Å². The maximum atomic E-state index is 0. The van der Waals surface area contributed by atoms with Crippen molar-refractivity contribution in [1.29, 1.82) is 0 Å². The molecule has 0 rings (SSSR count). The molecule has 0 heterocycles. The minimum Gasteiger partial charge on any atom is -2.00 e. The third-order valence-electron chi connectivity index (χ3n) is 0. The average molecular weight is 209 g/mol. The number of hydrogen-bond acceptors (Lipinski definition) is 0. The van der Waals surface area contributed by atoms with E-state index in [1.54, 1.807) is 0 Å². The first-order valence-corrected chi connectivity index (χ1v) is 0. The Bertz CT molecular complexity index is 6.00. The maximum Gasteiger partial charge on any atom is 3.00 e. The van der Waals surface area contributed by atoms with Crippen LogP contribution in [0, 0.1) is 35.6 Å². The van der Waals surface area contributed by atoms with Crippen molar-refractivity contribution in [2.45, 2.75) is 0 Å². The van der Waals surface area contributed by atoms with Crippen LogP contribution in [0.3, 0.4) is 0 Å². The molecule has 0 amide bonds. The maximum absolute atomic E-state index is 0. The van der Waals surface area contributed by atoms with Crippen molar-refractivity contribution in [3.05, 3.63) is 0 Å². The van der Waals surface area contributed by atoms with Crippen LogP contribution in [0.1, 0.15) is 0 Å². The van der Waals surface area contributed by atoms with Crippen LogP contribution < -0.4 is 0 Å². The molecule has 0 aromatic heterocycles. The SMILES string of the molecule is [Al+3].[Al+3].[La+3].[O-2]. The molecule has 0 radical (unpaired) electrons. The monoisotopic (exact) mass is 209 g/mol. The Morgan fingerprint density at radius 1 is 0.750 bits per heavy atom. The molecule has 8 valence electrons. The first kappa shape index (κ1) is 34.4. The zero-order valence-electron chi connectivity index (χ0n) is 2.14. The normalized spacial score (nSPS) is 0. The van der Waals surface area contributed by atoms with E-state index in [0.29, 0.717) is 0 Å². The van der Waals surface area contributed by atoms with Crippen LogP contribution in [-0.2, 0) is 5.48 Å². The van der Waals surface area contributed by atoms with Gasteiger partial charge in [-0.1, -0.05) is 0 Å². The third kappa shape index (κ3) is 8.88. The zero-order valence-corrected chi connectivity index (χ0v) is 8.08.